The van der Waals surface area contributed by atoms with Gasteiger partial charge >= 0.3 is 0 Å². The van der Waals surface area contributed by atoms with Crippen LogP contribution in [0.2, 0.25) is 0 Å². The highest BCUT2D eigenvalue weighted by Crippen LogP contribution is 2.31. The number of aliphatic hydroxyl groups is 1. The van der Waals surface area contributed by atoms with Crippen molar-refractivity contribution in [3.63, 3.8) is 0 Å². The van der Waals surface area contributed by atoms with Gasteiger partial charge in [-0.15, -0.1) is 11.3 Å². The number of hydrogen-bond acceptors (Lipinski definition) is 5. The molecule has 0 aliphatic carbocycles. The summed E-state index contributed by atoms with van der Waals surface area (Å²) in [4.78, 5) is 3.10. The van der Waals surface area contributed by atoms with Crippen molar-refractivity contribution in [1.29, 1.82) is 0 Å². The Kier molecular flexibility index (Phi) is 3.89. The number of aryl methyl sites for hydroxylation is 1. The Morgan fingerprint density at radius 2 is 2.25 bits per heavy atom. The van der Waals surface area contributed by atoms with Crippen LogP contribution in [-0.4, -0.2) is 43.6 Å². The van der Waals surface area contributed by atoms with Crippen molar-refractivity contribution < 1.29 is 13.5 Å². The SMILES string of the molecule is Cc1cc(S(=O)(=O)NC2CCN3CCCC23)sc1CO. The lowest BCUT2D eigenvalue weighted by molar-refractivity contribution is 0.285. The normalized spacial score (nSPS) is 27.1. The lowest BCUT2D eigenvalue weighted by Gasteiger charge is -2.20. The quantitative estimate of drug-likeness (QED) is 0.871. The maximum absolute atomic E-state index is 12.5. The summed E-state index contributed by atoms with van der Waals surface area (Å²) >= 11 is 1.16. The number of aliphatic hydroxyl groups excluding tert-OH is 1. The van der Waals surface area contributed by atoms with E-state index in [4.69, 9.17) is 0 Å². The van der Waals surface area contributed by atoms with Crippen LogP contribution in [0.15, 0.2) is 10.3 Å². The van der Waals surface area contributed by atoms with Gasteiger partial charge in [-0.3, -0.25) is 4.90 Å². The van der Waals surface area contributed by atoms with Gasteiger partial charge in [-0.1, -0.05) is 0 Å². The van der Waals surface area contributed by atoms with Crippen LogP contribution in [0.1, 0.15) is 29.7 Å². The number of fused-ring (bicyclic) bond motifs is 1. The molecule has 2 fully saturated rings. The Bertz CT molecular complexity index is 597. The summed E-state index contributed by atoms with van der Waals surface area (Å²) in [5.74, 6) is 0. The third-order valence-corrected chi connectivity index (χ3v) is 7.50. The largest absolute Gasteiger partial charge is 0.391 e. The van der Waals surface area contributed by atoms with Crippen molar-refractivity contribution >= 4 is 21.4 Å². The molecule has 3 heterocycles. The second kappa shape index (κ2) is 5.38. The summed E-state index contributed by atoms with van der Waals surface area (Å²) < 4.78 is 28.1. The maximum atomic E-state index is 12.5. The van der Waals surface area contributed by atoms with E-state index >= 15 is 0 Å². The van der Waals surface area contributed by atoms with Gasteiger partial charge in [-0.05, 0) is 44.4 Å². The van der Waals surface area contributed by atoms with Gasteiger partial charge in [-0.2, -0.15) is 0 Å². The van der Waals surface area contributed by atoms with Crippen molar-refractivity contribution in [2.24, 2.45) is 0 Å². The molecule has 0 spiro atoms. The minimum atomic E-state index is -3.46. The third kappa shape index (κ3) is 2.53. The summed E-state index contributed by atoms with van der Waals surface area (Å²) in [6, 6.07) is 2.05. The van der Waals surface area contributed by atoms with Crippen LogP contribution in [0.3, 0.4) is 0 Å². The highest BCUT2D eigenvalue weighted by molar-refractivity contribution is 7.91. The lowest BCUT2D eigenvalue weighted by Crippen LogP contribution is -2.42. The monoisotopic (exact) mass is 316 g/mol. The molecule has 1 aromatic heterocycles. The zero-order valence-corrected chi connectivity index (χ0v) is 13.1. The molecular formula is C13H20N2O3S2. The van der Waals surface area contributed by atoms with Crippen LogP contribution in [0.4, 0.5) is 0 Å². The number of sulfonamides is 1. The lowest BCUT2D eigenvalue weighted by atomic mass is 10.1. The van der Waals surface area contributed by atoms with Crippen LogP contribution < -0.4 is 4.72 Å². The van der Waals surface area contributed by atoms with Gasteiger partial charge in [0.1, 0.15) is 4.21 Å². The first-order valence-corrected chi connectivity index (χ1v) is 9.28. The van der Waals surface area contributed by atoms with E-state index in [2.05, 4.69) is 9.62 Å². The molecule has 112 valence electrons. The predicted octanol–water partition coefficient (Wildman–Crippen LogP) is 1.06. The molecule has 0 radical (unpaired) electrons. The fraction of sp³-hybridized carbons (Fsp3) is 0.692. The van der Waals surface area contributed by atoms with Crippen LogP contribution in [0.5, 0.6) is 0 Å². The second-order valence-corrected chi connectivity index (χ2v) is 8.67. The summed E-state index contributed by atoms with van der Waals surface area (Å²) in [5, 5.41) is 9.19. The van der Waals surface area contributed by atoms with E-state index < -0.39 is 10.0 Å². The minimum Gasteiger partial charge on any atom is -0.391 e. The Morgan fingerprint density at radius 3 is 2.95 bits per heavy atom. The van der Waals surface area contributed by atoms with E-state index in [0.29, 0.717) is 10.3 Å². The van der Waals surface area contributed by atoms with E-state index in [9.17, 15) is 13.5 Å². The minimum absolute atomic E-state index is 0.0301. The van der Waals surface area contributed by atoms with Gasteiger partial charge in [0.25, 0.3) is 0 Å². The van der Waals surface area contributed by atoms with Crippen molar-refractivity contribution in [1.82, 2.24) is 9.62 Å². The fourth-order valence-corrected chi connectivity index (χ4v) is 6.02. The molecule has 1 aromatic rings. The van der Waals surface area contributed by atoms with Gasteiger partial charge in [0.05, 0.1) is 6.61 Å². The van der Waals surface area contributed by atoms with Gasteiger partial charge in [0.2, 0.25) is 10.0 Å². The summed E-state index contributed by atoms with van der Waals surface area (Å²) in [6.45, 7) is 3.81. The van der Waals surface area contributed by atoms with Gasteiger partial charge in [0, 0.05) is 23.5 Å². The average Bonchev–Trinajstić information content (AvgIpc) is 3.06. The van der Waals surface area contributed by atoms with Crippen molar-refractivity contribution in [3.05, 3.63) is 16.5 Å². The first kappa shape index (κ1) is 14.5. The molecule has 0 bridgehead atoms. The van der Waals surface area contributed by atoms with E-state index in [1.807, 2.05) is 6.92 Å². The molecule has 5 nitrogen and oxygen atoms in total. The highest BCUT2D eigenvalue weighted by atomic mass is 32.2. The zero-order chi connectivity index (χ0) is 14.3. The Labute approximate surface area is 123 Å². The maximum Gasteiger partial charge on any atom is 0.250 e. The number of rotatable bonds is 4. The number of nitrogens with zero attached hydrogens (tertiary/aromatic N) is 1. The Morgan fingerprint density at radius 1 is 1.45 bits per heavy atom. The highest BCUT2D eigenvalue weighted by Gasteiger charge is 2.39. The first-order chi connectivity index (χ1) is 9.51. The molecular weight excluding hydrogens is 296 g/mol. The van der Waals surface area contributed by atoms with Crippen molar-refractivity contribution in [2.75, 3.05) is 13.1 Å². The predicted molar refractivity (Wildman–Crippen MR) is 78.3 cm³/mol. The molecule has 3 rings (SSSR count). The molecule has 20 heavy (non-hydrogen) atoms. The standard InChI is InChI=1S/C13H20N2O3S2/c1-9-7-13(19-12(9)8-16)20(17,18)14-10-4-6-15-5-2-3-11(10)15/h7,10-11,14,16H,2-6,8H2,1H3. The third-order valence-electron chi connectivity index (χ3n) is 4.32. The van der Waals surface area contributed by atoms with Crippen LogP contribution in [-0.2, 0) is 16.6 Å². The first-order valence-electron chi connectivity index (χ1n) is 6.98. The molecule has 0 aromatic carbocycles. The second-order valence-electron chi connectivity index (χ2n) is 5.59. The van der Waals surface area contributed by atoms with E-state index in [1.165, 1.54) is 0 Å². The smallest absolute Gasteiger partial charge is 0.250 e. The zero-order valence-electron chi connectivity index (χ0n) is 11.5. The summed E-state index contributed by atoms with van der Waals surface area (Å²) in [6.07, 6.45) is 3.13. The topological polar surface area (TPSA) is 69.6 Å². The molecule has 2 aliphatic rings. The molecule has 2 aliphatic heterocycles. The number of nitrogens with one attached hydrogen (secondary N) is 1. The van der Waals surface area contributed by atoms with Crippen LogP contribution in [0.25, 0.3) is 0 Å². The van der Waals surface area contributed by atoms with Crippen LogP contribution >= 0.6 is 11.3 Å². The van der Waals surface area contributed by atoms with Crippen molar-refractivity contribution in [2.45, 2.75) is 49.1 Å². The number of hydrogen-bond donors (Lipinski definition) is 2. The molecule has 0 amide bonds. The molecule has 2 saturated heterocycles. The van der Waals surface area contributed by atoms with E-state index in [0.717, 1.165) is 54.1 Å². The van der Waals surface area contributed by atoms with Gasteiger partial charge in [-0.25, -0.2) is 13.1 Å². The molecule has 0 saturated carbocycles. The fourth-order valence-electron chi connectivity index (χ4n) is 3.26. The summed E-state index contributed by atoms with van der Waals surface area (Å²) in [5.41, 5.74) is 0.840. The van der Waals surface area contributed by atoms with Crippen molar-refractivity contribution in [3.8, 4) is 0 Å². The van der Waals surface area contributed by atoms with E-state index in [1.54, 1.807) is 6.07 Å². The average molecular weight is 316 g/mol. The van der Waals surface area contributed by atoms with E-state index in [-0.39, 0.29) is 12.6 Å². The molecule has 2 unspecified atom stereocenters. The number of thiophene rings is 1. The molecule has 2 N–H and O–H groups in total. The Hall–Kier alpha value is -0.470. The van der Waals surface area contributed by atoms with Gasteiger partial charge < -0.3 is 5.11 Å². The van der Waals surface area contributed by atoms with Gasteiger partial charge in [0.15, 0.2) is 0 Å². The van der Waals surface area contributed by atoms with Crippen LogP contribution in [0, 0.1) is 6.92 Å². The Balaban J connectivity index is 1.78. The molecule has 2 atom stereocenters. The summed E-state index contributed by atoms with van der Waals surface area (Å²) in [7, 11) is -3.46. The molecule has 7 heteroatoms.